The molecule has 5 rings (SSSR count). The Bertz CT molecular complexity index is 1900. The third kappa shape index (κ3) is 8.79. The molecule has 0 saturated carbocycles. The van der Waals surface area contributed by atoms with Crippen LogP contribution >= 0.6 is 0 Å². The molecule has 0 aliphatic heterocycles. The van der Waals surface area contributed by atoms with Crippen molar-refractivity contribution in [3.05, 3.63) is 143 Å². The van der Waals surface area contributed by atoms with Crippen molar-refractivity contribution >= 4 is 34.2 Å². The lowest BCUT2D eigenvalue weighted by molar-refractivity contribution is -0.136. The normalized spacial score (nSPS) is 11.5. The van der Waals surface area contributed by atoms with E-state index in [1.807, 2.05) is 42.5 Å². The highest BCUT2D eigenvalue weighted by Gasteiger charge is 2.28. The standard InChI is InChI=1S/C38H34F3N3O4/c1-43(33-13-15-34(48-2)16-14-33)38(47)35(20-27-18-31(40)22-32(41)19-27)42-36(45)24-44(23-25-8-11-30(39)12-9-25)37(46)21-26-7-10-28-5-3-4-6-29(28)17-26/h3-19,22,35H,20-21,23-24H2,1-2H3,(H,42,45)/t35-/m0/s1. The average molecular weight is 654 g/mol. The van der Waals surface area contributed by atoms with Crippen LogP contribution in [0.2, 0.25) is 0 Å². The molecule has 0 saturated heterocycles. The zero-order valence-electron chi connectivity index (χ0n) is 26.5. The van der Waals surface area contributed by atoms with Gasteiger partial charge in [0.25, 0.3) is 0 Å². The number of amides is 3. The number of rotatable bonds is 12. The van der Waals surface area contributed by atoms with Crippen LogP contribution in [0, 0.1) is 17.5 Å². The first-order valence-corrected chi connectivity index (χ1v) is 15.2. The van der Waals surface area contributed by atoms with Crippen molar-refractivity contribution in [3.8, 4) is 5.75 Å². The lowest BCUT2D eigenvalue weighted by Crippen LogP contribution is -2.51. The van der Waals surface area contributed by atoms with Gasteiger partial charge in [-0.25, -0.2) is 13.2 Å². The summed E-state index contributed by atoms with van der Waals surface area (Å²) in [5, 5.41) is 4.67. The van der Waals surface area contributed by atoms with Crippen LogP contribution in [0.5, 0.6) is 5.75 Å². The molecule has 1 atom stereocenters. The fourth-order valence-electron chi connectivity index (χ4n) is 5.42. The predicted molar refractivity (Wildman–Crippen MR) is 178 cm³/mol. The number of methoxy groups -OCH3 is 1. The summed E-state index contributed by atoms with van der Waals surface area (Å²) in [5.41, 5.74) is 1.99. The predicted octanol–water partition coefficient (Wildman–Crippen LogP) is 6.23. The summed E-state index contributed by atoms with van der Waals surface area (Å²) in [6.07, 6.45) is -0.229. The molecule has 0 aromatic heterocycles. The van der Waals surface area contributed by atoms with Gasteiger partial charge in [0, 0.05) is 31.8 Å². The van der Waals surface area contributed by atoms with Crippen molar-refractivity contribution in [2.75, 3.05) is 25.6 Å². The van der Waals surface area contributed by atoms with E-state index in [0.29, 0.717) is 17.0 Å². The van der Waals surface area contributed by atoms with E-state index in [-0.39, 0.29) is 30.9 Å². The molecule has 0 heterocycles. The van der Waals surface area contributed by atoms with Gasteiger partial charge in [-0.2, -0.15) is 0 Å². The Morgan fingerprint density at radius 3 is 2.04 bits per heavy atom. The highest BCUT2D eigenvalue weighted by molar-refractivity contribution is 5.99. The first kappa shape index (κ1) is 33.7. The highest BCUT2D eigenvalue weighted by atomic mass is 19.1. The molecular weight excluding hydrogens is 619 g/mol. The Morgan fingerprint density at radius 1 is 0.729 bits per heavy atom. The van der Waals surface area contributed by atoms with Gasteiger partial charge in [0.15, 0.2) is 0 Å². The van der Waals surface area contributed by atoms with Crippen LogP contribution in [0.25, 0.3) is 10.8 Å². The zero-order chi connectivity index (χ0) is 34.2. The number of anilines is 1. The maximum absolute atomic E-state index is 14.1. The van der Waals surface area contributed by atoms with Crippen LogP contribution in [0.4, 0.5) is 18.9 Å². The summed E-state index contributed by atoms with van der Waals surface area (Å²) in [6.45, 7) is -0.434. The minimum Gasteiger partial charge on any atom is -0.497 e. The fraction of sp³-hybridized carbons (Fsp3) is 0.184. The summed E-state index contributed by atoms with van der Waals surface area (Å²) in [5.74, 6) is -3.09. The van der Waals surface area contributed by atoms with Gasteiger partial charge >= 0.3 is 0 Å². The van der Waals surface area contributed by atoms with E-state index in [1.165, 1.54) is 48.2 Å². The summed E-state index contributed by atoms with van der Waals surface area (Å²) in [7, 11) is 3.03. The summed E-state index contributed by atoms with van der Waals surface area (Å²) in [6, 6.07) is 27.3. The van der Waals surface area contributed by atoms with Crippen molar-refractivity contribution in [2.45, 2.75) is 25.4 Å². The Kier molecular flexibility index (Phi) is 10.7. The van der Waals surface area contributed by atoms with Gasteiger partial charge in [-0.3, -0.25) is 14.4 Å². The number of hydrogen-bond donors (Lipinski definition) is 1. The largest absolute Gasteiger partial charge is 0.497 e. The van der Waals surface area contributed by atoms with Crippen LogP contribution in [0.3, 0.4) is 0 Å². The Hall–Kier alpha value is -5.64. The topological polar surface area (TPSA) is 79.0 Å². The second-order valence-electron chi connectivity index (χ2n) is 11.4. The Balaban J connectivity index is 1.38. The number of benzene rings is 5. The second-order valence-corrected chi connectivity index (χ2v) is 11.4. The van der Waals surface area contributed by atoms with Gasteiger partial charge in [-0.15, -0.1) is 0 Å². The number of nitrogens with zero attached hydrogens (tertiary/aromatic N) is 2. The van der Waals surface area contributed by atoms with Crippen LogP contribution < -0.4 is 15.0 Å². The Labute approximate surface area is 276 Å². The Morgan fingerprint density at radius 2 is 1.38 bits per heavy atom. The van der Waals surface area contributed by atoms with Crippen LogP contribution in [0.1, 0.15) is 16.7 Å². The first-order valence-electron chi connectivity index (χ1n) is 15.2. The molecule has 1 N–H and O–H groups in total. The molecule has 3 amide bonds. The lowest BCUT2D eigenvalue weighted by Gasteiger charge is -2.27. The number of ether oxygens (including phenoxy) is 1. The van der Waals surface area contributed by atoms with E-state index >= 15 is 0 Å². The zero-order valence-corrected chi connectivity index (χ0v) is 26.5. The van der Waals surface area contributed by atoms with E-state index < -0.39 is 41.9 Å². The van der Waals surface area contributed by atoms with Gasteiger partial charge in [0.05, 0.1) is 20.1 Å². The molecule has 0 radical (unpaired) electrons. The molecule has 0 aliphatic carbocycles. The molecule has 5 aromatic carbocycles. The third-order valence-electron chi connectivity index (χ3n) is 7.93. The number of fused-ring (bicyclic) bond motifs is 1. The SMILES string of the molecule is COc1ccc(N(C)C(=O)[C@H](Cc2cc(F)cc(F)c2)NC(=O)CN(Cc2ccc(F)cc2)C(=O)Cc2ccc3ccccc3c2)cc1. The lowest BCUT2D eigenvalue weighted by atomic mass is 10.0. The van der Waals surface area contributed by atoms with Crippen molar-refractivity contribution in [1.82, 2.24) is 10.2 Å². The molecule has 10 heteroatoms. The van der Waals surface area contributed by atoms with Gasteiger partial charge in [-0.1, -0.05) is 54.6 Å². The summed E-state index contributed by atoms with van der Waals surface area (Å²) < 4.78 is 47.0. The van der Waals surface area contributed by atoms with Crippen LogP contribution in [0.15, 0.2) is 109 Å². The average Bonchev–Trinajstić information content (AvgIpc) is 3.07. The number of halogens is 3. The van der Waals surface area contributed by atoms with Gasteiger partial charge in [-0.05, 0) is 76.0 Å². The van der Waals surface area contributed by atoms with Crippen molar-refractivity contribution in [3.63, 3.8) is 0 Å². The number of hydrogen-bond acceptors (Lipinski definition) is 4. The number of nitrogens with one attached hydrogen (secondary N) is 1. The fourth-order valence-corrected chi connectivity index (χ4v) is 5.42. The van der Waals surface area contributed by atoms with Crippen molar-refractivity contribution in [2.24, 2.45) is 0 Å². The van der Waals surface area contributed by atoms with E-state index in [9.17, 15) is 27.6 Å². The minimum atomic E-state index is -1.24. The maximum atomic E-state index is 14.1. The van der Waals surface area contributed by atoms with Crippen molar-refractivity contribution < 1.29 is 32.3 Å². The van der Waals surface area contributed by atoms with Gasteiger partial charge < -0.3 is 19.9 Å². The van der Waals surface area contributed by atoms with E-state index in [4.69, 9.17) is 4.74 Å². The molecule has 0 unspecified atom stereocenters. The van der Waals surface area contributed by atoms with Crippen LogP contribution in [-0.2, 0) is 33.8 Å². The molecule has 0 spiro atoms. The molecule has 0 aliphatic rings. The van der Waals surface area contributed by atoms with E-state index in [2.05, 4.69) is 5.32 Å². The molecule has 246 valence electrons. The third-order valence-corrected chi connectivity index (χ3v) is 7.93. The van der Waals surface area contributed by atoms with E-state index in [1.54, 1.807) is 24.3 Å². The second kappa shape index (κ2) is 15.3. The van der Waals surface area contributed by atoms with Gasteiger partial charge in [0.2, 0.25) is 17.7 Å². The minimum absolute atomic E-state index is 0.000410. The number of carbonyl (C=O) groups is 3. The molecule has 5 aromatic rings. The quantitative estimate of drug-likeness (QED) is 0.173. The molecule has 7 nitrogen and oxygen atoms in total. The summed E-state index contributed by atoms with van der Waals surface area (Å²) >= 11 is 0. The van der Waals surface area contributed by atoms with Crippen LogP contribution in [-0.4, -0.2) is 49.4 Å². The molecule has 48 heavy (non-hydrogen) atoms. The summed E-state index contributed by atoms with van der Waals surface area (Å²) in [4.78, 5) is 43.7. The van der Waals surface area contributed by atoms with Crippen molar-refractivity contribution in [1.29, 1.82) is 0 Å². The molecular formula is C38H34F3N3O4. The number of likely N-dealkylation sites (N-methyl/N-ethyl adjacent to an activating group) is 1. The molecule has 0 fully saturated rings. The first-order chi connectivity index (χ1) is 23.1. The van der Waals surface area contributed by atoms with E-state index in [0.717, 1.165) is 34.5 Å². The van der Waals surface area contributed by atoms with Gasteiger partial charge in [0.1, 0.15) is 29.2 Å². The highest BCUT2D eigenvalue weighted by Crippen LogP contribution is 2.21. The molecule has 0 bridgehead atoms. The number of carbonyl (C=O) groups excluding carboxylic acids is 3. The smallest absolute Gasteiger partial charge is 0.249 e. The maximum Gasteiger partial charge on any atom is 0.249 e. The monoisotopic (exact) mass is 653 g/mol.